The van der Waals surface area contributed by atoms with Gasteiger partial charge in [-0.3, -0.25) is 4.79 Å². The number of nitrogens with zero attached hydrogens (tertiary/aromatic N) is 2. The maximum atomic E-state index is 13.3. The minimum atomic E-state index is -0.884. The molecular weight excluding hydrogens is 468 g/mol. The maximum absolute atomic E-state index is 13.3. The molecule has 0 aromatic heterocycles. The molecule has 1 aromatic rings. The summed E-state index contributed by atoms with van der Waals surface area (Å²) in [6, 6.07) is 9.13. The number of ether oxygens (including phenoxy) is 2. The van der Waals surface area contributed by atoms with Crippen molar-refractivity contribution in [1.29, 1.82) is 0 Å². The van der Waals surface area contributed by atoms with Crippen molar-refractivity contribution in [2.24, 2.45) is 5.92 Å². The van der Waals surface area contributed by atoms with E-state index >= 15 is 0 Å². The molecule has 0 bridgehead atoms. The molecule has 2 amide bonds. The molecule has 2 rings (SSSR count). The number of benzene rings is 1. The Hall–Kier alpha value is -2.42. The predicted octanol–water partition coefficient (Wildman–Crippen LogP) is 5.26. The Balaban J connectivity index is 2.16. The molecule has 1 heterocycles. The summed E-state index contributed by atoms with van der Waals surface area (Å²) < 4.78 is 11.3. The number of carbonyl (C=O) groups excluding carboxylic acids is 2. The summed E-state index contributed by atoms with van der Waals surface area (Å²) in [4.78, 5) is 40.7. The van der Waals surface area contributed by atoms with Crippen LogP contribution in [0, 0.1) is 5.92 Å². The first kappa shape index (κ1) is 28.8. The molecule has 1 saturated heterocycles. The van der Waals surface area contributed by atoms with Gasteiger partial charge in [-0.15, -0.1) is 11.8 Å². The summed E-state index contributed by atoms with van der Waals surface area (Å²) >= 11 is 1.29. The van der Waals surface area contributed by atoms with Gasteiger partial charge in [0, 0.05) is 24.9 Å². The van der Waals surface area contributed by atoms with Crippen LogP contribution in [0.3, 0.4) is 0 Å². The van der Waals surface area contributed by atoms with Crippen LogP contribution in [-0.2, 0) is 20.9 Å². The number of carboxylic acid groups (broad SMARTS) is 1. The first-order valence-electron chi connectivity index (χ1n) is 12.2. The Bertz CT molecular complexity index is 827. The van der Waals surface area contributed by atoms with Gasteiger partial charge in [-0.1, -0.05) is 44.2 Å². The molecule has 1 N–H and O–H groups in total. The van der Waals surface area contributed by atoms with Crippen molar-refractivity contribution >= 4 is 29.9 Å². The van der Waals surface area contributed by atoms with E-state index in [-0.39, 0.29) is 30.5 Å². The third kappa shape index (κ3) is 10.4. The molecule has 8 nitrogen and oxygen atoms in total. The van der Waals surface area contributed by atoms with Gasteiger partial charge in [0.05, 0.1) is 11.8 Å². The Labute approximate surface area is 213 Å². The fraction of sp³-hybridized carbons (Fsp3) is 0.654. The highest BCUT2D eigenvalue weighted by molar-refractivity contribution is 7.99. The summed E-state index contributed by atoms with van der Waals surface area (Å²) in [5.41, 5.74) is 0.245. The number of aliphatic carboxylic acids is 1. The number of hydrogen-bond acceptors (Lipinski definition) is 6. The van der Waals surface area contributed by atoms with Crippen LogP contribution >= 0.6 is 11.8 Å². The van der Waals surface area contributed by atoms with Gasteiger partial charge in [0.15, 0.2) is 0 Å². The highest BCUT2D eigenvalue weighted by Gasteiger charge is 2.36. The number of carboxylic acids is 1. The molecule has 196 valence electrons. The van der Waals surface area contributed by atoms with Gasteiger partial charge in [-0.05, 0) is 51.5 Å². The maximum Gasteiger partial charge on any atom is 0.410 e. The van der Waals surface area contributed by atoms with Gasteiger partial charge < -0.3 is 24.4 Å². The van der Waals surface area contributed by atoms with E-state index in [2.05, 4.69) is 13.8 Å². The van der Waals surface area contributed by atoms with Crippen LogP contribution in [0.1, 0.15) is 59.4 Å². The first-order chi connectivity index (χ1) is 16.5. The molecule has 2 atom stereocenters. The molecule has 35 heavy (non-hydrogen) atoms. The van der Waals surface area contributed by atoms with Crippen LogP contribution in [0.25, 0.3) is 0 Å². The van der Waals surface area contributed by atoms with E-state index in [4.69, 9.17) is 14.6 Å². The molecule has 0 radical (unpaired) electrons. The number of carbonyl (C=O) groups is 3. The molecule has 1 fully saturated rings. The lowest BCUT2D eigenvalue weighted by Crippen LogP contribution is -2.51. The third-order valence-corrected chi connectivity index (χ3v) is 6.64. The van der Waals surface area contributed by atoms with Crippen molar-refractivity contribution in [3.63, 3.8) is 0 Å². The second-order valence-corrected chi connectivity index (χ2v) is 11.4. The zero-order valence-electron chi connectivity index (χ0n) is 21.6. The SMILES string of the molecule is CC(C)CC(CSCC(=O)O)N(CC1CCCN1C(=O)OCc1ccccc1)C(=O)OC(C)(C)C. The first-order valence-corrected chi connectivity index (χ1v) is 13.4. The number of thioether (sulfide) groups is 1. The highest BCUT2D eigenvalue weighted by atomic mass is 32.2. The topological polar surface area (TPSA) is 96.4 Å². The van der Waals surface area contributed by atoms with Crippen molar-refractivity contribution in [2.75, 3.05) is 24.6 Å². The van der Waals surface area contributed by atoms with Crippen LogP contribution in [0.4, 0.5) is 9.59 Å². The molecule has 0 saturated carbocycles. The van der Waals surface area contributed by atoms with Crippen LogP contribution in [0.2, 0.25) is 0 Å². The Morgan fingerprint density at radius 2 is 1.89 bits per heavy atom. The van der Waals surface area contributed by atoms with Gasteiger partial charge in [0.2, 0.25) is 0 Å². The van der Waals surface area contributed by atoms with Crippen molar-refractivity contribution in [3.8, 4) is 0 Å². The van der Waals surface area contributed by atoms with Crippen molar-refractivity contribution < 1.29 is 29.0 Å². The zero-order valence-corrected chi connectivity index (χ0v) is 22.4. The molecule has 0 aliphatic carbocycles. The van der Waals surface area contributed by atoms with Crippen LogP contribution in [0.15, 0.2) is 30.3 Å². The smallest absolute Gasteiger partial charge is 0.410 e. The van der Waals surface area contributed by atoms with Gasteiger partial charge >= 0.3 is 18.2 Å². The Morgan fingerprint density at radius 3 is 2.49 bits per heavy atom. The monoisotopic (exact) mass is 508 g/mol. The minimum Gasteiger partial charge on any atom is -0.481 e. The van der Waals surface area contributed by atoms with E-state index in [0.717, 1.165) is 18.4 Å². The highest BCUT2D eigenvalue weighted by Crippen LogP contribution is 2.25. The fourth-order valence-corrected chi connectivity index (χ4v) is 4.98. The lowest BCUT2D eigenvalue weighted by atomic mass is 10.0. The Morgan fingerprint density at radius 1 is 1.20 bits per heavy atom. The summed E-state index contributed by atoms with van der Waals surface area (Å²) in [5.74, 6) is -0.136. The normalized spacial score (nSPS) is 16.7. The number of amides is 2. The summed E-state index contributed by atoms with van der Waals surface area (Å²) in [7, 11) is 0. The summed E-state index contributed by atoms with van der Waals surface area (Å²) in [6.07, 6.45) is 1.47. The van der Waals surface area contributed by atoms with Gasteiger partial charge in [-0.2, -0.15) is 0 Å². The molecular formula is C26H40N2O6S. The van der Waals surface area contributed by atoms with E-state index in [1.165, 1.54) is 11.8 Å². The average molecular weight is 509 g/mol. The van der Waals surface area contributed by atoms with E-state index in [9.17, 15) is 14.4 Å². The standard InChI is InChI=1S/C26H40N2O6S/c1-19(2)14-22(17-35-18-23(29)30)28(25(32)34-26(3,4)5)15-21-12-9-13-27(21)24(31)33-16-20-10-7-6-8-11-20/h6-8,10-11,19,21-22H,9,12-18H2,1-5H3,(H,29,30). The van der Waals surface area contributed by atoms with E-state index in [0.29, 0.717) is 31.2 Å². The third-order valence-electron chi connectivity index (χ3n) is 5.57. The van der Waals surface area contributed by atoms with Crippen molar-refractivity contribution in [2.45, 2.75) is 78.2 Å². The summed E-state index contributed by atoms with van der Waals surface area (Å²) in [5, 5.41) is 9.08. The van der Waals surface area contributed by atoms with Crippen LogP contribution in [0.5, 0.6) is 0 Å². The van der Waals surface area contributed by atoms with Crippen molar-refractivity contribution in [1.82, 2.24) is 9.80 Å². The van der Waals surface area contributed by atoms with E-state index in [1.807, 2.05) is 51.1 Å². The predicted molar refractivity (Wildman–Crippen MR) is 137 cm³/mol. The van der Waals surface area contributed by atoms with Crippen molar-refractivity contribution in [3.05, 3.63) is 35.9 Å². The molecule has 1 aliphatic heterocycles. The molecule has 9 heteroatoms. The number of likely N-dealkylation sites (tertiary alicyclic amines) is 1. The lowest BCUT2D eigenvalue weighted by molar-refractivity contribution is -0.133. The molecule has 1 aromatic carbocycles. The van der Waals surface area contributed by atoms with Gasteiger partial charge in [0.25, 0.3) is 0 Å². The second kappa shape index (κ2) is 13.6. The zero-order chi connectivity index (χ0) is 26.0. The molecule has 2 unspecified atom stereocenters. The summed E-state index contributed by atoms with van der Waals surface area (Å²) in [6.45, 7) is 10.7. The van der Waals surface area contributed by atoms with Gasteiger partial charge in [0.1, 0.15) is 12.2 Å². The lowest BCUT2D eigenvalue weighted by Gasteiger charge is -2.37. The number of hydrogen-bond donors (Lipinski definition) is 1. The van der Waals surface area contributed by atoms with E-state index in [1.54, 1.807) is 9.80 Å². The van der Waals surface area contributed by atoms with E-state index < -0.39 is 17.7 Å². The number of rotatable bonds is 11. The molecule has 0 spiro atoms. The largest absolute Gasteiger partial charge is 0.481 e. The quantitative estimate of drug-likeness (QED) is 0.436. The fourth-order valence-electron chi connectivity index (χ4n) is 4.10. The van der Waals surface area contributed by atoms with Crippen LogP contribution in [-0.4, -0.2) is 75.3 Å². The minimum absolute atomic E-state index is 0.0296. The molecule has 1 aliphatic rings. The average Bonchev–Trinajstić information content (AvgIpc) is 3.22. The van der Waals surface area contributed by atoms with Crippen LogP contribution < -0.4 is 0 Å². The Kier molecular flexibility index (Phi) is 11.2. The van der Waals surface area contributed by atoms with Gasteiger partial charge in [-0.25, -0.2) is 9.59 Å². The second-order valence-electron chi connectivity index (χ2n) is 10.4.